The van der Waals surface area contributed by atoms with Crippen molar-refractivity contribution in [2.45, 2.75) is 51.1 Å². The van der Waals surface area contributed by atoms with Crippen LogP contribution >= 0.6 is 11.8 Å². The van der Waals surface area contributed by atoms with Crippen LogP contribution in [0.15, 0.2) is 23.1 Å². The smallest absolute Gasteiger partial charge is 0.0962 e. The molecule has 0 aromatic heterocycles. The van der Waals surface area contributed by atoms with Gasteiger partial charge in [0.1, 0.15) is 0 Å². The average molecular weight is 262 g/mol. The molecule has 0 saturated heterocycles. The summed E-state index contributed by atoms with van der Waals surface area (Å²) in [6.45, 7) is 8.39. The summed E-state index contributed by atoms with van der Waals surface area (Å²) >= 11 is 1.84. The SMILES string of the molecule is Cc1ccc(C)c(SCCC(C#N)NC(C)C)c1. The van der Waals surface area contributed by atoms with Crippen LogP contribution in [-0.2, 0) is 0 Å². The van der Waals surface area contributed by atoms with E-state index in [1.54, 1.807) is 0 Å². The molecule has 0 bridgehead atoms. The summed E-state index contributed by atoms with van der Waals surface area (Å²) in [5.74, 6) is 0.974. The van der Waals surface area contributed by atoms with Crippen LogP contribution in [0.25, 0.3) is 0 Å². The molecule has 18 heavy (non-hydrogen) atoms. The Balaban J connectivity index is 2.46. The first kappa shape index (κ1) is 15.1. The molecule has 0 spiro atoms. The fourth-order valence-corrected chi connectivity index (χ4v) is 2.88. The van der Waals surface area contributed by atoms with E-state index >= 15 is 0 Å². The molecular formula is C15H22N2S. The van der Waals surface area contributed by atoms with Crippen molar-refractivity contribution in [3.8, 4) is 6.07 Å². The molecule has 98 valence electrons. The second-order valence-electron chi connectivity index (χ2n) is 4.91. The number of hydrogen-bond acceptors (Lipinski definition) is 3. The summed E-state index contributed by atoms with van der Waals surface area (Å²) in [5, 5.41) is 12.3. The van der Waals surface area contributed by atoms with E-state index in [0.29, 0.717) is 6.04 Å². The predicted octanol–water partition coefficient (Wildman–Crippen LogP) is 3.68. The van der Waals surface area contributed by atoms with Crippen molar-refractivity contribution in [2.24, 2.45) is 0 Å². The summed E-state index contributed by atoms with van der Waals surface area (Å²) in [6, 6.07) is 9.16. The van der Waals surface area contributed by atoms with Gasteiger partial charge in [0, 0.05) is 16.7 Å². The highest BCUT2D eigenvalue weighted by Crippen LogP contribution is 2.24. The summed E-state index contributed by atoms with van der Waals surface area (Å²) in [4.78, 5) is 1.33. The second kappa shape index (κ2) is 7.45. The number of rotatable bonds is 6. The fourth-order valence-electron chi connectivity index (χ4n) is 1.74. The maximum absolute atomic E-state index is 9.05. The van der Waals surface area contributed by atoms with Crippen LogP contribution in [0.2, 0.25) is 0 Å². The quantitative estimate of drug-likeness (QED) is 0.794. The zero-order chi connectivity index (χ0) is 13.5. The normalized spacial score (nSPS) is 12.4. The molecule has 0 aliphatic rings. The molecule has 1 aromatic carbocycles. The molecule has 1 atom stereocenters. The number of benzene rings is 1. The van der Waals surface area contributed by atoms with Crippen molar-refractivity contribution in [3.05, 3.63) is 29.3 Å². The Hall–Kier alpha value is -0.980. The lowest BCUT2D eigenvalue weighted by molar-refractivity contribution is 0.522. The van der Waals surface area contributed by atoms with Gasteiger partial charge in [0.2, 0.25) is 0 Å². The number of hydrogen-bond donors (Lipinski definition) is 1. The van der Waals surface area contributed by atoms with E-state index in [4.69, 9.17) is 5.26 Å². The van der Waals surface area contributed by atoms with E-state index in [2.05, 4.69) is 57.3 Å². The van der Waals surface area contributed by atoms with Crippen LogP contribution in [0.3, 0.4) is 0 Å². The van der Waals surface area contributed by atoms with E-state index in [0.717, 1.165) is 12.2 Å². The number of nitrogens with zero attached hydrogens (tertiary/aromatic N) is 1. The first-order valence-electron chi connectivity index (χ1n) is 6.38. The highest BCUT2D eigenvalue weighted by molar-refractivity contribution is 7.99. The van der Waals surface area contributed by atoms with Crippen molar-refractivity contribution >= 4 is 11.8 Å². The van der Waals surface area contributed by atoms with Gasteiger partial charge in [0.15, 0.2) is 0 Å². The minimum atomic E-state index is -0.0392. The summed E-state index contributed by atoms with van der Waals surface area (Å²) in [5.41, 5.74) is 2.61. The first-order chi connectivity index (χ1) is 8.52. The van der Waals surface area contributed by atoms with Gasteiger partial charge in [0.05, 0.1) is 12.1 Å². The topological polar surface area (TPSA) is 35.8 Å². The first-order valence-corrected chi connectivity index (χ1v) is 7.37. The summed E-state index contributed by atoms with van der Waals surface area (Å²) in [6.07, 6.45) is 0.882. The van der Waals surface area contributed by atoms with Crippen LogP contribution in [0.5, 0.6) is 0 Å². The Kier molecular flexibility index (Phi) is 6.24. The van der Waals surface area contributed by atoms with Crippen LogP contribution < -0.4 is 5.32 Å². The number of aryl methyl sites for hydroxylation is 2. The van der Waals surface area contributed by atoms with Gasteiger partial charge in [-0.15, -0.1) is 11.8 Å². The van der Waals surface area contributed by atoms with Crippen LogP contribution in [-0.4, -0.2) is 17.8 Å². The van der Waals surface area contributed by atoms with E-state index in [9.17, 15) is 0 Å². The van der Waals surface area contributed by atoms with Crippen LogP contribution in [0, 0.1) is 25.2 Å². The lowest BCUT2D eigenvalue weighted by atomic mass is 10.2. The summed E-state index contributed by atoms with van der Waals surface area (Å²) < 4.78 is 0. The van der Waals surface area contributed by atoms with Crippen molar-refractivity contribution in [1.29, 1.82) is 5.26 Å². The third-order valence-corrected chi connectivity index (χ3v) is 3.89. The van der Waals surface area contributed by atoms with Gasteiger partial charge in [-0.3, -0.25) is 5.32 Å². The Morgan fingerprint density at radius 2 is 2.06 bits per heavy atom. The Morgan fingerprint density at radius 3 is 2.67 bits per heavy atom. The predicted molar refractivity (Wildman–Crippen MR) is 78.9 cm³/mol. The molecule has 1 N–H and O–H groups in total. The minimum absolute atomic E-state index is 0.0392. The number of thioether (sulfide) groups is 1. The van der Waals surface area contributed by atoms with E-state index in [1.807, 2.05) is 11.8 Å². The molecule has 0 radical (unpaired) electrons. The summed E-state index contributed by atoms with van der Waals surface area (Å²) in [7, 11) is 0. The third-order valence-electron chi connectivity index (χ3n) is 2.70. The van der Waals surface area contributed by atoms with Gasteiger partial charge in [-0.25, -0.2) is 0 Å². The molecule has 0 aliphatic heterocycles. The highest BCUT2D eigenvalue weighted by Gasteiger charge is 2.08. The fraction of sp³-hybridized carbons (Fsp3) is 0.533. The van der Waals surface area contributed by atoms with Crippen LogP contribution in [0.4, 0.5) is 0 Å². The molecular weight excluding hydrogens is 240 g/mol. The van der Waals surface area contributed by atoms with Gasteiger partial charge in [-0.05, 0) is 45.7 Å². The molecule has 0 amide bonds. The van der Waals surface area contributed by atoms with E-state index in [-0.39, 0.29) is 6.04 Å². The monoisotopic (exact) mass is 262 g/mol. The second-order valence-corrected chi connectivity index (χ2v) is 6.05. The van der Waals surface area contributed by atoms with Gasteiger partial charge in [0.25, 0.3) is 0 Å². The maximum Gasteiger partial charge on any atom is 0.0962 e. The van der Waals surface area contributed by atoms with E-state index < -0.39 is 0 Å². The van der Waals surface area contributed by atoms with Crippen LogP contribution in [0.1, 0.15) is 31.4 Å². The minimum Gasteiger partial charge on any atom is -0.300 e. The van der Waals surface area contributed by atoms with Crippen molar-refractivity contribution in [2.75, 3.05) is 5.75 Å². The molecule has 1 rings (SSSR count). The molecule has 3 heteroatoms. The molecule has 2 nitrogen and oxygen atoms in total. The zero-order valence-corrected chi connectivity index (χ0v) is 12.5. The Bertz CT molecular complexity index is 421. The van der Waals surface area contributed by atoms with E-state index in [1.165, 1.54) is 16.0 Å². The van der Waals surface area contributed by atoms with Gasteiger partial charge >= 0.3 is 0 Å². The Morgan fingerprint density at radius 1 is 1.33 bits per heavy atom. The highest BCUT2D eigenvalue weighted by atomic mass is 32.2. The van der Waals surface area contributed by atoms with Gasteiger partial charge in [-0.2, -0.15) is 5.26 Å². The van der Waals surface area contributed by atoms with Crippen molar-refractivity contribution in [3.63, 3.8) is 0 Å². The molecule has 0 fully saturated rings. The standard InChI is InChI=1S/C15H22N2S/c1-11(2)17-14(10-16)7-8-18-15-9-12(3)5-6-13(15)4/h5-6,9,11,14,17H,7-8H2,1-4H3. The van der Waals surface area contributed by atoms with Crippen molar-refractivity contribution < 1.29 is 0 Å². The largest absolute Gasteiger partial charge is 0.300 e. The molecule has 1 aromatic rings. The lowest BCUT2D eigenvalue weighted by Crippen LogP contribution is -2.33. The Labute approximate surface area is 115 Å². The maximum atomic E-state index is 9.05. The third kappa shape index (κ3) is 5.12. The molecule has 0 saturated carbocycles. The molecule has 0 heterocycles. The lowest BCUT2D eigenvalue weighted by Gasteiger charge is -2.14. The van der Waals surface area contributed by atoms with Gasteiger partial charge < -0.3 is 0 Å². The average Bonchev–Trinajstić information content (AvgIpc) is 2.31. The molecule has 1 unspecified atom stereocenters. The zero-order valence-electron chi connectivity index (χ0n) is 11.7. The van der Waals surface area contributed by atoms with Gasteiger partial charge in [-0.1, -0.05) is 17.7 Å². The number of nitriles is 1. The molecule has 0 aliphatic carbocycles. The van der Waals surface area contributed by atoms with Crippen molar-refractivity contribution in [1.82, 2.24) is 5.32 Å². The number of nitrogens with one attached hydrogen (secondary N) is 1.